The van der Waals surface area contributed by atoms with Gasteiger partial charge in [0.15, 0.2) is 0 Å². The van der Waals surface area contributed by atoms with Crippen LogP contribution < -0.4 is 0 Å². The third-order valence-corrected chi connectivity index (χ3v) is 2.55. The zero-order valence-electron chi connectivity index (χ0n) is 9.87. The zero-order valence-corrected chi connectivity index (χ0v) is 9.87. The highest BCUT2D eigenvalue weighted by Crippen LogP contribution is 2.21. The Morgan fingerprint density at radius 2 is 1.89 bits per heavy atom. The molecule has 18 heavy (non-hydrogen) atoms. The third kappa shape index (κ3) is 2.79. The van der Waals surface area contributed by atoms with Crippen molar-refractivity contribution < 1.29 is 9.90 Å². The minimum Gasteiger partial charge on any atom is -0.478 e. The standard InChI is InChI=1S/C14H12N2O2/c1-10(6-14(17)18)12-7-13(9-16-8-12)11-2-4-15-5-3-11/h2-9H,1H3,(H,17,18)/b10-6+. The molecule has 0 fully saturated rings. The van der Waals surface area contributed by atoms with Gasteiger partial charge in [0.1, 0.15) is 0 Å². The van der Waals surface area contributed by atoms with Gasteiger partial charge in [-0.1, -0.05) is 0 Å². The van der Waals surface area contributed by atoms with Gasteiger partial charge in [0.25, 0.3) is 0 Å². The highest BCUT2D eigenvalue weighted by Gasteiger charge is 2.02. The number of carboxylic acids is 1. The molecule has 0 aliphatic carbocycles. The Balaban J connectivity index is 2.40. The van der Waals surface area contributed by atoms with Crippen LogP contribution in [-0.2, 0) is 4.79 Å². The van der Waals surface area contributed by atoms with Crippen molar-refractivity contribution in [1.82, 2.24) is 9.97 Å². The SMILES string of the molecule is C/C(=C\C(=O)O)c1cncc(-c2ccncc2)c1. The number of carbonyl (C=O) groups is 1. The van der Waals surface area contributed by atoms with Gasteiger partial charge in [0, 0.05) is 36.4 Å². The quantitative estimate of drug-likeness (QED) is 0.838. The fourth-order valence-corrected chi connectivity index (χ4v) is 1.63. The molecule has 0 aliphatic heterocycles. The summed E-state index contributed by atoms with van der Waals surface area (Å²) in [5.41, 5.74) is 3.41. The van der Waals surface area contributed by atoms with Gasteiger partial charge in [0.2, 0.25) is 0 Å². The number of aromatic nitrogens is 2. The van der Waals surface area contributed by atoms with Crippen LogP contribution in [0.4, 0.5) is 0 Å². The Kier molecular flexibility index (Phi) is 3.48. The highest BCUT2D eigenvalue weighted by molar-refractivity contribution is 5.89. The van der Waals surface area contributed by atoms with Crippen LogP contribution in [-0.4, -0.2) is 21.0 Å². The van der Waals surface area contributed by atoms with Crippen LogP contribution in [0, 0.1) is 0 Å². The topological polar surface area (TPSA) is 63.1 Å². The molecule has 0 aromatic carbocycles. The van der Waals surface area contributed by atoms with E-state index >= 15 is 0 Å². The maximum atomic E-state index is 10.6. The molecule has 4 nitrogen and oxygen atoms in total. The summed E-state index contributed by atoms with van der Waals surface area (Å²) < 4.78 is 0. The second-order valence-corrected chi connectivity index (χ2v) is 3.86. The van der Waals surface area contributed by atoms with Crippen molar-refractivity contribution in [1.29, 1.82) is 0 Å². The van der Waals surface area contributed by atoms with E-state index in [1.54, 1.807) is 31.7 Å². The number of rotatable bonds is 3. The molecule has 0 unspecified atom stereocenters. The molecular formula is C14H12N2O2. The Bertz CT molecular complexity index is 592. The lowest BCUT2D eigenvalue weighted by molar-refractivity contribution is -0.131. The van der Waals surface area contributed by atoms with Gasteiger partial charge in [0.05, 0.1) is 0 Å². The summed E-state index contributed by atoms with van der Waals surface area (Å²) in [7, 11) is 0. The molecule has 1 N–H and O–H groups in total. The molecule has 0 spiro atoms. The van der Waals surface area contributed by atoms with Crippen molar-refractivity contribution in [2.45, 2.75) is 6.92 Å². The molecular weight excluding hydrogens is 228 g/mol. The first-order valence-electron chi connectivity index (χ1n) is 5.44. The smallest absolute Gasteiger partial charge is 0.328 e. The second kappa shape index (κ2) is 5.23. The van der Waals surface area contributed by atoms with Gasteiger partial charge < -0.3 is 5.11 Å². The molecule has 2 rings (SSSR count). The summed E-state index contributed by atoms with van der Waals surface area (Å²) in [6, 6.07) is 5.69. The van der Waals surface area contributed by atoms with Gasteiger partial charge in [-0.3, -0.25) is 9.97 Å². The molecule has 0 radical (unpaired) electrons. The molecule has 0 amide bonds. The highest BCUT2D eigenvalue weighted by atomic mass is 16.4. The Hall–Kier alpha value is -2.49. The van der Waals surface area contributed by atoms with Crippen LogP contribution in [0.1, 0.15) is 12.5 Å². The largest absolute Gasteiger partial charge is 0.478 e. The van der Waals surface area contributed by atoms with E-state index in [1.165, 1.54) is 6.08 Å². The van der Waals surface area contributed by atoms with E-state index in [2.05, 4.69) is 9.97 Å². The summed E-state index contributed by atoms with van der Waals surface area (Å²) in [6.07, 6.45) is 7.99. The van der Waals surface area contributed by atoms with Crippen LogP contribution >= 0.6 is 0 Å². The van der Waals surface area contributed by atoms with Crippen molar-refractivity contribution in [3.05, 3.63) is 54.6 Å². The monoisotopic (exact) mass is 240 g/mol. The van der Waals surface area contributed by atoms with Gasteiger partial charge in [-0.05, 0) is 41.8 Å². The van der Waals surface area contributed by atoms with E-state index in [4.69, 9.17) is 5.11 Å². The van der Waals surface area contributed by atoms with Crippen LogP contribution in [0.25, 0.3) is 16.7 Å². The minimum absolute atomic E-state index is 0.672. The third-order valence-electron chi connectivity index (χ3n) is 2.55. The first-order valence-corrected chi connectivity index (χ1v) is 5.44. The van der Waals surface area contributed by atoms with Crippen LogP contribution in [0.5, 0.6) is 0 Å². The normalized spacial score (nSPS) is 11.3. The number of carboxylic acid groups (broad SMARTS) is 1. The summed E-state index contributed by atoms with van der Waals surface area (Å²) in [5, 5.41) is 8.73. The predicted molar refractivity (Wildman–Crippen MR) is 68.8 cm³/mol. The van der Waals surface area contributed by atoms with E-state index in [1.807, 2.05) is 18.2 Å². The van der Waals surface area contributed by atoms with Crippen LogP contribution in [0.15, 0.2) is 49.1 Å². The lowest BCUT2D eigenvalue weighted by Gasteiger charge is -2.04. The summed E-state index contributed by atoms with van der Waals surface area (Å²) >= 11 is 0. The summed E-state index contributed by atoms with van der Waals surface area (Å²) in [4.78, 5) is 18.7. The van der Waals surface area contributed by atoms with E-state index in [0.29, 0.717) is 5.57 Å². The lowest BCUT2D eigenvalue weighted by Crippen LogP contribution is -1.91. The van der Waals surface area contributed by atoms with E-state index in [-0.39, 0.29) is 0 Å². The molecule has 0 saturated heterocycles. The van der Waals surface area contributed by atoms with Gasteiger partial charge >= 0.3 is 5.97 Å². The maximum absolute atomic E-state index is 10.6. The lowest BCUT2D eigenvalue weighted by atomic mass is 10.0. The summed E-state index contributed by atoms with van der Waals surface area (Å²) in [6.45, 7) is 1.75. The Morgan fingerprint density at radius 3 is 2.56 bits per heavy atom. The number of allylic oxidation sites excluding steroid dienone is 1. The van der Waals surface area contributed by atoms with Crippen LogP contribution in [0.2, 0.25) is 0 Å². The van der Waals surface area contributed by atoms with Crippen molar-refractivity contribution in [3.8, 4) is 11.1 Å². The molecule has 0 saturated carbocycles. The fourth-order valence-electron chi connectivity index (χ4n) is 1.63. The molecule has 4 heteroatoms. The van der Waals surface area contributed by atoms with Crippen molar-refractivity contribution >= 4 is 11.5 Å². The molecule has 0 aliphatic rings. The molecule has 2 aromatic rings. The van der Waals surface area contributed by atoms with Gasteiger partial charge in [-0.15, -0.1) is 0 Å². The number of aliphatic carboxylic acids is 1. The van der Waals surface area contributed by atoms with E-state index < -0.39 is 5.97 Å². The van der Waals surface area contributed by atoms with Gasteiger partial charge in [-0.2, -0.15) is 0 Å². The van der Waals surface area contributed by atoms with E-state index in [0.717, 1.165) is 16.7 Å². The molecule has 90 valence electrons. The first kappa shape index (κ1) is 12.0. The first-order chi connectivity index (χ1) is 8.66. The Morgan fingerprint density at radius 1 is 1.17 bits per heavy atom. The minimum atomic E-state index is -0.957. The molecule has 2 heterocycles. The van der Waals surface area contributed by atoms with Crippen molar-refractivity contribution in [2.75, 3.05) is 0 Å². The van der Waals surface area contributed by atoms with Crippen molar-refractivity contribution in [2.24, 2.45) is 0 Å². The molecule has 0 atom stereocenters. The number of hydrogen-bond donors (Lipinski definition) is 1. The molecule has 2 aromatic heterocycles. The van der Waals surface area contributed by atoms with Crippen molar-refractivity contribution in [3.63, 3.8) is 0 Å². The predicted octanol–water partition coefficient (Wildman–Crippen LogP) is 2.63. The summed E-state index contributed by atoms with van der Waals surface area (Å²) in [5.74, 6) is -0.957. The Labute approximate surface area is 105 Å². The number of hydrogen-bond acceptors (Lipinski definition) is 3. The number of nitrogens with zero attached hydrogens (tertiary/aromatic N) is 2. The zero-order chi connectivity index (χ0) is 13.0. The fraction of sp³-hybridized carbons (Fsp3) is 0.0714. The van der Waals surface area contributed by atoms with E-state index in [9.17, 15) is 4.79 Å². The average molecular weight is 240 g/mol. The maximum Gasteiger partial charge on any atom is 0.328 e. The number of pyridine rings is 2. The van der Waals surface area contributed by atoms with Crippen LogP contribution in [0.3, 0.4) is 0 Å². The van der Waals surface area contributed by atoms with Gasteiger partial charge in [-0.25, -0.2) is 4.79 Å². The molecule has 0 bridgehead atoms. The second-order valence-electron chi connectivity index (χ2n) is 3.86. The average Bonchev–Trinajstić information content (AvgIpc) is 2.39.